The molecule has 0 bridgehead atoms. The summed E-state index contributed by atoms with van der Waals surface area (Å²) in [5.74, 6) is 0.453. The highest BCUT2D eigenvalue weighted by atomic mass is 35.5. The minimum atomic E-state index is -3.88. The van der Waals surface area contributed by atoms with Gasteiger partial charge in [-0.1, -0.05) is 35.9 Å². The van der Waals surface area contributed by atoms with Crippen LogP contribution in [0.1, 0.15) is 17.5 Å². The summed E-state index contributed by atoms with van der Waals surface area (Å²) in [6.45, 7) is 0. The van der Waals surface area contributed by atoms with Crippen LogP contribution in [0, 0.1) is 0 Å². The number of halogens is 1. The molecule has 2 aromatic heterocycles. The maximum Gasteiger partial charge on any atom is 0.213 e. The molecule has 0 aliphatic heterocycles. The Kier molecular flexibility index (Phi) is 7.96. The first-order chi connectivity index (χ1) is 17.8. The number of nitrogens with zero attached hydrogens (tertiary/aromatic N) is 4. The lowest BCUT2D eigenvalue weighted by molar-refractivity contribution is 0.201. The number of pyridine rings is 1. The highest BCUT2D eigenvalue weighted by molar-refractivity contribution is 7.90. The zero-order valence-corrected chi connectivity index (χ0v) is 21.9. The van der Waals surface area contributed by atoms with E-state index in [4.69, 9.17) is 25.8 Å². The molecular weight excluding hydrogens is 520 g/mol. The normalized spacial score (nSPS) is 12.2. The number of benzene rings is 2. The quantitative estimate of drug-likeness (QED) is 0.318. The molecule has 0 radical (unpaired) electrons. The van der Waals surface area contributed by atoms with E-state index in [1.165, 1.54) is 25.9 Å². The standard InChI is InChI=1S/C25H25ClN4O6S/c1-34-20-7-5-8-21(35-2)24(20)30-22(28-29-25(30)18-6-4-9-23(27-18)36-3)15-37(32,33)14-19(31)16-10-12-17(26)13-11-16/h4-13,19,31H,14-15H2,1-3H3/t19-/m1/s1. The summed E-state index contributed by atoms with van der Waals surface area (Å²) in [7, 11) is 0.596. The largest absolute Gasteiger partial charge is 0.494 e. The molecule has 12 heteroatoms. The summed E-state index contributed by atoms with van der Waals surface area (Å²) in [5, 5.41) is 19.5. The predicted octanol–water partition coefficient (Wildman–Crippen LogP) is 3.66. The van der Waals surface area contributed by atoms with Gasteiger partial charge >= 0.3 is 0 Å². The predicted molar refractivity (Wildman–Crippen MR) is 138 cm³/mol. The molecule has 4 rings (SSSR count). The molecule has 2 aromatic carbocycles. The monoisotopic (exact) mass is 544 g/mol. The number of aromatic nitrogens is 4. The maximum absolute atomic E-state index is 13.2. The molecule has 0 saturated heterocycles. The van der Waals surface area contributed by atoms with E-state index in [0.29, 0.717) is 39.3 Å². The molecule has 2 heterocycles. The van der Waals surface area contributed by atoms with E-state index in [1.54, 1.807) is 60.7 Å². The Morgan fingerprint density at radius 1 is 0.919 bits per heavy atom. The Balaban J connectivity index is 1.80. The van der Waals surface area contributed by atoms with Crippen molar-refractivity contribution in [3.05, 3.63) is 77.1 Å². The van der Waals surface area contributed by atoms with Gasteiger partial charge in [0.25, 0.3) is 0 Å². The molecule has 0 spiro atoms. The van der Waals surface area contributed by atoms with Crippen molar-refractivity contribution in [2.24, 2.45) is 0 Å². The third-order valence-corrected chi connectivity index (χ3v) is 7.31. The fourth-order valence-electron chi connectivity index (χ4n) is 3.79. The Hall–Kier alpha value is -3.67. The summed E-state index contributed by atoms with van der Waals surface area (Å²) < 4.78 is 44.3. The molecule has 0 saturated carbocycles. The number of aliphatic hydroxyl groups excluding tert-OH is 1. The molecule has 10 nitrogen and oxygen atoms in total. The van der Waals surface area contributed by atoms with Gasteiger partial charge in [-0.25, -0.2) is 13.4 Å². The van der Waals surface area contributed by atoms with Crippen molar-refractivity contribution in [2.45, 2.75) is 11.9 Å². The van der Waals surface area contributed by atoms with E-state index in [0.717, 1.165) is 0 Å². The number of sulfone groups is 1. The fourth-order valence-corrected chi connectivity index (χ4v) is 5.29. The number of hydrogen-bond donors (Lipinski definition) is 1. The van der Waals surface area contributed by atoms with Crippen LogP contribution in [0.15, 0.2) is 60.7 Å². The van der Waals surface area contributed by atoms with Gasteiger partial charge in [0.2, 0.25) is 5.88 Å². The number of aliphatic hydroxyl groups is 1. The summed E-state index contributed by atoms with van der Waals surface area (Å²) >= 11 is 5.90. The Morgan fingerprint density at radius 3 is 2.19 bits per heavy atom. The van der Waals surface area contributed by atoms with Gasteiger partial charge in [-0.15, -0.1) is 10.2 Å². The van der Waals surface area contributed by atoms with E-state index >= 15 is 0 Å². The number of hydrogen-bond acceptors (Lipinski definition) is 9. The third-order valence-electron chi connectivity index (χ3n) is 5.53. The SMILES string of the molecule is COc1cccc(-c2nnc(CS(=O)(=O)C[C@@H](O)c3ccc(Cl)cc3)n2-c2c(OC)cccc2OC)n1. The third kappa shape index (κ3) is 5.85. The number of rotatable bonds is 10. The highest BCUT2D eigenvalue weighted by Crippen LogP contribution is 2.36. The van der Waals surface area contributed by atoms with Crippen molar-refractivity contribution in [1.29, 1.82) is 0 Å². The second kappa shape index (κ2) is 11.2. The van der Waals surface area contributed by atoms with Crippen molar-refractivity contribution in [3.63, 3.8) is 0 Å². The molecule has 1 atom stereocenters. The molecule has 1 N–H and O–H groups in total. The topological polar surface area (TPSA) is 126 Å². The van der Waals surface area contributed by atoms with Gasteiger partial charge < -0.3 is 19.3 Å². The number of para-hydroxylation sites is 1. The molecule has 0 unspecified atom stereocenters. The zero-order chi connectivity index (χ0) is 26.6. The van der Waals surface area contributed by atoms with Crippen LogP contribution in [0.4, 0.5) is 0 Å². The average molecular weight is 545 g/mol. The Labute approximate surface area is 219 Å². The lowest BCUT2D eigenvalue weighted by Crippen LogP contribution is -2.19. The van der Waals surface area contributed by atoms with Crippen LogP contribution in [-0.4, -0.2) is 60.4 Å². The Morgan fingerprint density at radius 2 is 1.57 bits per heavy atom. The van der Waals surface area contributed by atoms with Gasteiger partial charge in [0, 0.05) is 11.1 Å². The molecule has 0 amide bonds. The van der Waals surface area contributed by atoms with Gasteiger partial charge in [-0.2, -0.15) is 0 Å². The highest BCUT2D eigenvalue weighted by Gasteiger charge is 2.28. The van der Waals surface area contributed by atoms with Gasteiger partial charge in [0.15, 0.2) is 21.5 Å². The lowest BCUT2D eigenvalue weighted by Gasteiger charge is -2.18. The molecule has 0 fully saturated rings. The fraction of sp³-hybridized carbons (Fsp3) is 0.240. The number of ether oxygens (including phenoxy) is 3. The smallest absolute Gasteiger partial charge is 0.213 e. The van der Waals surface area contributed by atoms with Gasteiger partial charge in [-0.3, -0.25) is 4.57 Å². The van der Waals surface area contributed by atoms with Crippen LogP contribution in [0.25, 0.3) is 17.2 Å². The van der Waals surface area contributed by atoms with Gasteiger partial charge in [0.1, 0.15) is 28.6 Å². The number of methoxy groups -OCH3 is 3. The Bertz CT molecular complexity index is 1470. The van der Waals surface area contributed by atoms with E-state index in [1.807, 2.05) is 0 Å². The molecule has 0 aliphatic carbocycles. The van der Waals surface area contributed by atoms with Crippen molar-refractivity contribution in [1.82, 2.24) is 19.7 Å². The first kappa shape index (κ1) is 26.4. The summed E-state index contributed by atoms with van der Waals surface area (Å²) in [4.78, 5) is 4.44. The van der Waals surface area contributed by atoms with Crippen molar-refractivity contribution < 1.29 is 27.7 Å². The maximum atomic E-state index is 13.2. The van der Waals surface area contributed by atoms with Crippen LogP contribution in [0.2, 0.25) is 5.02 Å². The lowest BCUT2D eigenvalue weighted by atomic mass is 10.1. The van der Waals surface area contributed by atoms with E-state index in [2.05, 4.69) is 15.2 Å². The van der Waals surface area contributed by atoms with Crippen molar-refractivity contribution in [3.8, 4) is 34.6 Å². The van der Waals surface area contributed by atoms with E-state index in [-0.39, 0.29) is 11.6 Å². The minimum Gasteiger partial charge on any atom is -0.494 e. The van der Waals surface area contributed by atoms with Gasteiger partial charge in [0.05, 0.1) is 33.2 Å². The van der Waals surface area contributed by atoms with Crippen LogP contribution in [-0.2, 0) is 15.6 Å². The summed E-state index contributed by atoms with van der Waals surface area (Å²) in [6, 6.07) is 16.6. The van der Waals surface area contributed by atoms with Gasteiger partial charge in [-0.05, 0) is 35.9 Å². The summed E-state index contributed by atoms with van der Waals surface area (Å²) in [5.41, 5.74) is 1.23. The van der Waals surface area contributed by atoms with E-state index in [9.17, 15) is 13.5 Å². The van der Waals surface area contributed by atoms with Crippen LogP contribution in [0.5, 0.6) is 17.4 Å². The van der Waals surface area contributed by atoms with E-state index < -0.39 is 27.4 Å². The molecule has 4 aromatic rings. The van der Waals surface area contributed by atoms with Crippen LogP contribution in [0.3, 0.4) is 0 Å². The molecule has 37 heavy (non-hydrogen) atoms. The second-order valence-electron chi connectivity index (χ2n) is 7.97. The average Bonchev–Trinajstić information content (AvgIpc) is 3.30. The minimum absolute atomic E-state index is 0.0886. The summed E-state index contributed by atoms with van der Waals surface area (Å²) in [6.07, 6.45) is -1.25. The first-order valence-corrected chi connectivity index (χ1v) is 13.3. The zero-order valence-electron chi connectivity index (χ0n) is 20.3. The first-order valence-electron chi connectivity index (χ1n) is 11.1. The van der Waals surface area contributed by atoms with Crippen molar-refractivity contribution in [2.75, 3.05) is 27.1 Å². The molecule has 0 aliphatic rings. The molecular formula is C25H25ClN4O6S. The molecule has 194 valence electrons. The van der Waals surface area contributed by atoms with Crippen LogP contribution >= 0.6 is 11.6 Å². The van der Waals surface area contributed by atoms with Crippen molar-refractivity contribution >= 4 is 21.4 Å². The van der Waals surface area contributed by atoms with Crippen LogP contribution < -0.4 is 14.2 Å². The second-order valence-corrected chi connectivity index (χ2v) is 10.5.